The number of aliphatic carboxylic acids is 1. The van der Waals surface area contributed by atoms with E-state index in [0.717, 1.165) is 23.5 Å². The summed E-state index contributed by atoms with van der Waals surface area (Å²) in [7, 11) is 0. The minimum atomic E-state index is -0.898. The lowest BCUT2D eigenvalue weighted by molar-refractivity contribution is -0.139. The summed E-state index contributed by atoms with van der Waals surface area (Å²) in [6.07, 6.45) is 7.72. The van der Waals surface area contributed by atoms with Gasteiger partial charge < -0.3 is 10.1 Å². The molecule has 0 aliphatic heterocycles. The first kappa shape index (κ1) is 14.1. The van der Waals surface area contributed by atoms with Crippen LogP contribution in [0, 0.1) is 0 Å². The van der Waals surface area contributed by atoms with Crippen LogP contribution in [0.4, 0.5) is 0 Å². The van der Waals surface area contributed by atoms with Crippen molar-refractivity contribution < 1.29 is 9.90 Å². The van der Waals surface area contributed by atoms with Gasteiger partial charge in [-0.25, -0.2) is 15.0 Å². The zero-order chi connectivity index (χ0) is 14.4. The van der Waals surface area contributed by atoms with Crippen LogP contribution in [0.3, 0.4) is 0 Å². The molecule has 1 unspecified atom stereocenters. The Labute approximate surface area is 116 Å². The molecule has 0 aromatic carbocycles. The highest BCUT2D eigenvalue weighted by Crippen LogP contribution is 2.02. The molecule has 0 bridgehead atoms. The Balaban J connectivity index is 1.92. The minimum Gasteiger partial charge on any atom is -0.480 e. The molecule has 0 spiro atoms. The van der Waals surface area contributed by atoms with E-state index in [4.69, 9.17) is 0 Å². The predicted molar refractivity (Wildman–Crippen MR) is 72.0 cm³/mol. The van der Waals surface area contributed by atoms with E-state index in [1.54, 1.807) is 18.6 Å². The molecule has 2 aromatic heterocycles. The maximum absolute atomic E-state index is 11.2. The normalized spacial score (nSPS) is 12.2. The first-order chi connectivity index (χ1) is 9.69. The van der Waals surface area contributed by atoms with Crippen molar-refractivity contribution in [3.8, 4) is 0 Å². The molecule has 7 nitrogen and oxygen atoms in total. The number of H-pyrrole nitrogens is 1. The van der Waals surface area contributed by atoms with Gasteiger partial charge in [-0.05, 0) is 0 Å². The van der Waals surface area contributed by atoms with Gasteiger partial charge >= 0.3 is 5.97 Å². The molecule has 0 fully saturated rings. The van der Waals surface area contributed by atoms with Gasteiger partial charge in [-0.15, -0.1) is 0 Å². The maximum Gasteiger partial charge on any atom is 0.321 e. The molecule has 3 N–H and O–H groups in total. The lowest BCUT2D eigenvalue weighted by Gasteiger charge is -2.13. The maximum atomic E-state index is 11.2. The van der Waals surface area contributed by atoms with Gasteiger partial charge in [-0.2, -0.15) is 0 Å². The van der Waals surface area contributed by atoms with E-state index in [2.05, 4.69) is 25.3 Å². The number of aromatic amines is 1. The van der Waals surface area contributed by atoms with E-state index in [1.807, 2.05) is 6.92 Å². The number of hydrogen-bond donors (Lipinski definition) is 3. The molecule has 20 heavy (non-hydrogen) atoms. The number of aryl methyl sites for hydroxylation is 1. The van der Waals surface area contributed by atoms with E-state index in [1.165, 1.54) is 6.33 Å². The van der Waals surface area contributed by atoms with E-state index >= 15 is 0 Å². The van der Waals surface area contributed by atoms with Gasteiger partial charge in [0.1, 0.15) is 11.9 Å². The van der Waals surface area contributed by atoms with Crippen molar-refractivity contribution in [3.63, 3.8) is 0 Å². The number of imidazole rings is 1. The number of carboxylic acid groups (broad SMARTS) is 1. The van der Waals surface area contributed by atoms with Gasteiger partial charge in [0.05, 0.1) is 6.33 Å². The van der Waals surface area contributed by atoms with Crippen molar-refractivity contribution in [1.82, 2.24) is 25.3 Å². The van der Waals surface area contributed by atoms with Crippen LogP contribution < -0.4 is 5.32 Å². The molecule has 0 aliphatic carbocycles. The lowest BCUT2D eigenvalue weighted by Crippen LogP contribution is -2.38. The molecule has 0 saturated carbocycles. The van der Waals surface area contributed by atoms with Crippen molar-refractivity contribution in [2.75, 3.05) is 0 Å². The molecule has 0 saturated heterocycles. The fraction of sp³-hybridized carbons (Fsp3) is 0.385. The average molecular weight is 275 g/mol. The molecule has 2 aromatic rings. The van der Waals surface area contributed by atoms with E-state index < -0.39 is 12.0 Å². The first-order valence-corrected chi connectivity index (χ1v) is 6.42. The molecule has 2 rings (SSSR count). The van der Waals surface area contributed by atoms with Crippen LogP contribution in [0.15, 0.2) is 24.9 Å². The number of nitrogens with one attached hydrogen (secondary N) is 2. The smallest absolute Gasteiger partial charge is 0.321 e. The molecule has 1 atom stereocenters. The zero-order valence-corrected chi connectivity index (χ0v) is 11.2. The van der Waals surface area contributed by atoms with Crippen LogP contribution >= 0.6 is 0 Å². The number of carbonyl (C=O) groups is 1. The van der Waals surface area contributed by atoms with Crippen LogP contribution in [0.25, 0.3) is 0 Å². The van der Waals surface area contributed by atoms with Crippen molar-refractivity contribution >= 4 is 5.97 Å². The van der Waals surface area contributed by atoms with Gasteiger partial charge in [0.25, 0.3) is 0 Å². The summed E-state index contributed by atoms with van der Waals surface area (Å²) in [6.45, 7) is 2.40. The number of nitrogens with zero attached hydrogens (tertiary/aromatic N) is 3. The van der Waals surface area contributed by atoms with Crippen LogP contribution in [0.1, 0.15) is 24.0 Å². The molecule has 2 heterocycles. The minimum absolute atomic E-state index is 0.350. The zero-order valence-electron chi connectivity index (χ0n) is 11.2. The fourth-order valence-electron chi connectivity index (χ4n) is 1.76. The van der Waals surface area contributed by atoms with Gasteiger partial charge in [-0.1, -0.05) is 6.92 Å². The first-order valence-electron chi connectivity index (χ1n) is 6.42. The highest BCUT2D eigenvalue weighted by atomic mass is 16.4. The van der Waals surface area contributed by atoms with Crippen LogP contribution in [0.2, 0.25) is 0 Å². The van der Waals surface area contributed by atoms with Crippen LogP contribution in [0.5, 0.6) is 0 Å². The number of rotatable bonds is 7. The van der Waals surface area contributed by atoms with E-state index in [-0.39, 0.29) is 0 Å². The molecule has 106 valence electrons. The van der Waals surface area contributed by atoms with Crippen LogP contribution in [-0.2, 0) is 24.2 Å². The van der Waals surface area contributed by atoms with Gasteiger partial charge in [-0.3, -0.25) is 10.1 Å². The Kier molecular flexibility index (Phi) is 4.78. The fourth-order valence-corrected chi connectivity index (χ4v) is 1.76. The Morgan fingerprint density at radius 1 is 1.40 bits per heavy atom. The summed E-state index contributed by atoms with van der Waals surface area (Å²) < 4.78 is 0. The van der Waals surface area contributed by atoms with Gasteiger partial charge in [0, 0.05) is 49.2 Å². The molecule has 0 amide bonds. The van der Waals surface area contributed by atoms with Crippen molar-refractivity contribution in [1.29, 1.82) is 0 Å². The second kappa shape index (κ2) is 6.76. The summed E-state index contributed by atoms with van der Waals surface area (Å²) in [5, 5.41) is 12.2. The Bertz CT molecular complexity index is 538. The van der Waals surface area contributed by atoms with Crippen molar-refractivity contribution in [2.24, 2.45) is 0 Å². The summed E-state index contributed by atoms with van der Waals surface area (Å²) in [6, 6.07) is -0.679. The Morgan fingerprint density at radius 3 is 2.70 bits per heavy atom. The molecular weight excluding hydrogens is 258 g/mol. The molecule has 0 aliphatic rings. The largest absolute Gasteiger partial charge is 0.480 e. The van der Waals surface area contributed by atoms with Gasteiger partial charge in [0.15, 0.2) is 0 Å². The third-order valence-electron chi connectivity index (χ3n) is 2.90. The highest BCUT2D eigenvalue weighted by Gasteiger charge is 2.18. The number of aromatic nitrogens is 4. The number of carboxylic acids is 1. The molecule has 7 heteroatoms. The van der Waals surface area contributed by atoms with Crippen molar-refractivity contribution in [3.05, 3.63) is 42.0 Å². The average Bonchev–Trinajstić information content (AvgIpc) is 2.96. The third-order valence-corrected chi connectivity index (χ3v) is 2.90. The Hall–Kier alpha value is -2.28. The quantitative estimate of drug-likeness (QED) is 0.681. The monoisotopic (exact) mass is 275 g/mol. The van der Waals surface area contributed by atoms with E-state index in [0.29, 0.717) is 13.0 Å². The molecular formula is C13H17N5O2. The van der Waals surface area contributed by atoms with Crippen molar-refractivity contribution in [2.45, 2.75) is 32.4 Å². The summed E-state index contributed by atoms with van der Waals surface area (Å²) in [5.74, 6) is -0.119. The Morgan fingerprint density at radius 2 is 2.15 bits per heavy atom. The lowest BCUT2D eigenvalue weighted by atomic mass is 10.1. The number of hydrogen-bond acceptors (Lipinski definition) is 5. The predicted octanol–water partition coefficient (Wildman–Crippen LogP) is 0.548. The summed E-state index contributed by atoms with van der Waals surface area (Å²) >= 11 is 0. The van der Waals surface area contributed by atoms with E-state index in [9.17, 15) is 9.90 Å². The van der Waals surface area contributed by atoms with Crippen LogP contribution in [-0.4, -0.2) is 37.1 Å². The topological polar surface area (TPSA) is 104 Å². The standard InChI is InChI=1S/C13H17N5O2/c1-2-12-16-5-9(6-17-12)4-15-11(13(19)20)3-10-7-14-8-18-10/h5-8,11,15H,2-4H2,1H3,(H,14,18)(H,19,20). The second-order valence-electron chi connectivity index (χ2n) is 4.41. The third kappa shape index (κ3) is 3.86. The highest BCUT2D eigenvalue weighted by molar-refractivity contribution is 5.73. The summed E-state index contributed by atoms with van der Waals surface area (Å²) in [5.41, 5.74) is 1.64. The molecule has 0 radical (unpaired) electrons. The van der Waals surface area contributed by atoms with Gasteiger partial charge in [0.2, 0.25) is 0 Å². The second-order valence-corrected chi connectivity index (χ2v) is 4.41. The summed E-state index contributed by atoms with van der Waals surface area (Å²) in [4.78, 5) is 26.4. The SMILES string of the molecule is CCc1ncc(CNC(Cc2cnc[nH]2)C(=O)O)cn1.